The van der Waals surface area contributed by atoms with Crippen LogP contribution in [0.1, 0.15) is 29.8 Å². The van der Waals surface area contributed by atoms with Crippen LogP contribution in [0.15, 0.2) is 66.7 Å². The fourth-order valence-corrected chi connectivity index (χ4v) is 6.11. The standard InChI is InChI=1S/C29H25N3O4/c1-29-14-21-20-10-8-18(17-6-4-3-5-7-17)12-22(20)30-26(21)27(32(29)25(33)15-31(2)28(29)34)19-9-11-23-24(13-19)36-16-35-23/h3-13,27,30H,14-16H2,1-2H3/t27-,29-/m1/s1. The molecule has 3 aromatic carbocycles. The molecule has 0 bridgehead atoms. The second kappa shape index (κ2) is 7.37. The summed E-state index contributed by atoms with van der Waals surface area (Å²) in [5, 5.41) is 1.07. The van der Waals surface area contributed by atoms with Gasteiger partial charge in [-0.15, -0.1) is 0 Å². The van der Waals surface area contributed by atoms with E-state index in [0.29, 0.717) is 17.9 Å². The van der Waals surface area contributed by atoms with Crippen molar-refractivity contribution >= 4 is 22.7 Å². The van der Waals surface area contributed by atoms with E-state index in [1.54, 1.807) is 16.8 Å². The molecule has 36 heavy (non-hydrogen) atoms. The molecule has 2 atom stereocenters. The van der Waals surface area contributed by atoms with Gasteiger partial charge in [-0.3, -0.25) is 9.59 Å². The van der Waals surface area contributed by atoms with Gasteiger partial charge in [0.1, 0.15) is 5.54 Å². The van der Waals surface area contributed by atoms with Crippen molar-refractivity contribution in [1.82, 2.24) is 14.8 Å². The summed E-state index contributed by atoms with van der Waals surface area (Å²) in [5.41, 5.74) is 5.13. The van der Waals surface area contributed by atoms with E-state index < -0.39 is 11.6 Å². The SMILES string of the molecule is CN1CC(=O)N2[C@H](c3ccc4c(c3)OCO4)c3[nH]c4cc(-c5ccccc5)ccc4c3C[C@]2(C)C1=O. The molecule has 3 aliphatic heterocycles. The van der Waals surface area contributed by atoms with Crippen LogP contribution in [-0.4, -0.2) is 52.5 Å². The third-order valence-electron chi connectivity index (χ3n) is 7.79. The van der Waals surface area contributed by atoms with Crippen LogP contribution in [0.2, 0.25) is 0 Å². The van der Waals surface area contributed by atoms with E-state index in [1.165, 1.54) is 0 Å². The number of amides is 2. The van der Waals surface area contributed by atoms with Gasteiger partial charge in [0.2, 0.25) is 18.6 Å². The minimum Gasteiger partial charge on any atom is -0.454 e. The highest BCUT2D eigenvalue weighted by atomic mass is 16.7. The van der Waals surface area contributed by atoms with Gasteiger partial charge in [-0.2, -0.15) is 0 Å². The maximum Gasteiger partial charge on any atom is 0.248 e. The Hall–Kier alpha value is -4.26. The Balaban J connectivity index is 1.46. The second-order valence-electron chi connectivity index (χ2n) is 10.0. The van der Waals surface area contributed by atoms with Gasteiger partial charge in [0.15, 0.2) is 11.5 Å². The Morgan fingerprint density at radius 2 is 1.75 bits per heavy atom. The molecule has 0 aliphatic carbocycles. The predicted molar refractivity (Wildman–Crippen MR) is 135 cm³/mol. The monoisotopic (exact) mass is 479 g/mol. The molecule has 4 heterocycles. The van der Waals surface area contributed by atoms with Crippen LogP contribution in [-0.2, 0) is 16.0 Å². The number of benzene rings is 3. The first-order valence-electron chi connectivity index (χ1n) is 12.1. The summed E-state index contributed by atoms with van der Waals surface area (Å²) in [5.74, 6) is 1.21. The van der Waals surface area contributed by atoms with E-state index in [9.17, 15) is 9.59 Å². The summed E-state index contributed by atoms with van der Waals surface area (Å²) >= 11 is 0. The molecule has 2 amide bonds. The molecule has 3 aliphatic rings. The number of hydrogen-bond donors (Lipinski definition) is 1. The van der Waals surface area contributed by atoms with E-state index in [2.05, 4.69) is 35.3 Å². The maximum absolute atomic E-state index is 13.6. The van der Waals surface area contributed by atoms with Gasteiger partial charge in [-0.05, 0) is 47.4 Å². The smallest absolute Gasteiger partial charge is 0.248 e. The van der Waals surface area contributed by atoms with Crippen LogP contribution < -0.4 is 9.47 Å². The van der Waals surface area contributed by atoms with Crippen LogP contribution in [0.25, 0.3) is 22.0 Å². The van der Waals surface area contributed by atoms with Gasteiger partial charge >= 0.3 is 0 Å². The second-order valence-corrected chi connectivity index (χ2v) is 10.0. The number of aromatic amines is 1. The number of carbonyl (C=O) groups excluding carboxylic acids is 2. The number of nitrogens with zero attached hydrogens (tertiary/aromatic N) is 2. The molecule has 7 rings (SSSR count). The number of rotatable bonds is 2. The minimum atomic E-state index is -0.995. The number of carbonyl (C=O) groups is 2. The zero-order valence-electron chi connectivity index (χ0n) is 20.1. The summed E-state index contributed by atoms with van der Waals surface area (Å²) in [4.78, 5) is 34.1. The Kier molecular flexibility index (Phi) is 4.31. The zero-order valence-corrected chi connectivity index (χ0v) is 20.1. The number of likely N-dealkylation sites (N-methyl/N-ethyl adjacent to an activating group) is 1. The van der Waals surface area contributed by atoms with Crippen molar-refractivity contribution in [2.45, 2.75) is 24.9 Å². The molecule has 1 saturated heterocycles. The number of piperazine rings is 1. The van der Waals surface area contributed by atoms with Gasteiger partial charge in [0.05, 0.1) is 12.6 Å². The van der Waals surface area contributed by atoms with Gasteiger partial charge in [0.25, 0.3) is 0 Å². The highest BCUT2D eigenvalue weighted by Gasteiger charge is 2.55. The maximum atomic E-state index is 13.6. The molecule has 7 nitrogen and oxygen atoms in total. The summed E-state index contributed by atoms with van der Waals surface area (Å²) in [7, 11) is 1.70. The van der Waals surface area contributed by atoms with E-state index in [1.807, 2.05) is 43.3 Å². The van der Waals surface area contributed by atoms with E-state index in [-0.39, 0.29) is 25.2 Å². The van der Waals surface area contributed by atoms with Crippen LogP contribution in [0.5, 0.6) is 11.5 Å². The number of H-pyrrole nitrogens is 1. The van der Waals surface area contributed by atoms with Crippen molar-refractivity contribution in [3.8, 4) is 22.6 Å². The van der Waals surface area contributed by atoms with Crippen molar-refractivity contribution in [2.24, 2.45) is 0 Å². The number of fused-ring (bicyclic) bond motifs is 5. The Bertz CT molecular complexity index is 1560. The van der Waals surface area contributed by atoms with Gasteiger partial charge in [-0.1, -0.05) is 48.5 Å². The third-order valence-corrected chi connectivity index (χ3v) is 7.79. The van der Waals surface area contributed by atoms with Crippen molar-refractivity contribution in [2.75, 3.05) is 20.4 Å². The van der Waals surface area contributed by atoms with E-state index >= 15 is 0 Å². The number of nitrogens with one attached hydrogen (secondary N) is 1. The van der Waals surface area contributed by atoms with Gasteiger partial charge in [-0.25, -0.2) is 0 Å². The Morgan fingerprint density at radius 1 is 0.944 bits per heavy atom. The summed E-state index contributed by atoms with van der Waals surface area (Å²) in [6.07, 6.45) is 0.447. The Labute approximate surface area is 208 Å². The fourth-order valence-electron chi connectivity index (χ4n) is 6.11. The normalized spacial score (nSPS) is 22.7. The molecule has 4 aromatic rings. The topological polar surface area (TPSA) is 74.9 Å². The summed E-state index contributed by atoms with van der Waals surface area (Å²) in [6, 6.07) is 22.0. The van der Waals surface area contributed by atoms with Gasteiger partial charge in [0, 0.05) is 30.1 Å². The first-order chi connectivity index (χ1) is 17.4. The van der Waals surface area contributed by atoms with Crippen LogP contribution in [0.4, 0.5) is 0 Å². The number of ether oxygens (including phenoxy) is 2. The minimum absolute atomic E-state index is 0.0475. The molecule has 1 aromatic heterocycles. The quantitative estimate of drug-likeness (QED) is 0.466. The highest BCUT2D eigenvalue weighted by molar-refractivity contribution is 6.00. The largest absolute Gasteiger partial charge is 0.454 e. The first-order valence-corrected chi connectivity index (χ1v) is 12.1. The van der Waals surface area contributed by atoms with Crippen molar-refractivity contribution in [1.29, 1.82) is 0 Å². The molecule has 0 spiro atoms. The highest BCUT2D eigenvalue weighted by Crippen LogP contribution is 2.48. The van der Waals surface area contributed by atoms with Crippen LogP contribution >= 0.6 is 0 Å². The van der Waals surface area contributed by atoms with Crippen LogP contribution in [0.3, 0.4) is 0 Å². The lowest BCUT2D eigenvalue weighted by Crippen LogP contribution is -2.69. The lowest BCUT2D eigenvalue weighted by Gasteiger charge is -2.52. The van der Waals surface area contributed by atoms with Crippen molar-refractivity contribution < 1.29 is 19.1 Å². The fraction of sp³-hybridized carbons (Fsp3) is 0.241. The zero-order chi connectivity index (χ0) is 24.6. The van der Waals surface area contributed by atoms with Crippen molar-refractivity contribution in [3.63, 3.8) is 0 Å². The lowest BCUT2D eigenvalue weighted by atomic mass is 9.78. The summed E-state index contributed by atoms with van der Waals surface area (Å²) in [6.45, 7) is 2.12. The molecule has 7 heteroatoms. The predicted octanol–water partition coefficient (Wildman–Crippen LogP) is 4.27. The molecule has 180 valence electrons. The summed E-state index contributed by atoms with van der Waals surface area (Å²) < 4.78 is 11.2. The average molecular weight is 480 g/mol. The Morgan fingerprint density at radius 3 is 2.58 bits per heavy atom. The van der Waals surface area contributed by atoms with Crippen molar-refractivity contribution in [3.05, 3.63) is 83.6 Å². The molecule has 0 saturated carbocycles. The average Bonchev–Trinajstić information content (AvgIpc) is 3.50. The molecule has 1 N–H and O–H groups in total. The number of aromatic nitrogens is 1. The molecule has 1 fully saturated rings. The lowest BCUT2D eigenvalue weighted by molar-refractivity contribution is -0.166. The molecule has 0 unspecified atom stereocenters. The first kappa shape index (κ1) is 21.1. The van der Waals surface area contributed by atoms with Gasteiger partial charge < -0.3 is 24.3 Å². The molecular weight excluding hydrogens is 454 g/mol. The molecular formula is C29H25N3O4. The molecule has 0 radical (unpaired) electrons. The van der Waals surface area contributed by atoms with Crippen LogP contribution in [0, 0.1) is 0 Å². The number of hydrogen-bond acceptors (Lipinski definition) is 4. The van der Waals surface area contributed by atoms with E-state index in [4.69, 9.17) is 9.47 Å². The van der Waals surface area contributed by atoms with E-state index in [0.717, 1.165) is 38.9 Å². The third kappa shape index (κ3) is 2.86.